The van der Waals surface area contributed by atoms with Crippen molar-refractivity contribution in [1.29, 1.82) is 5.41 Å². The highest BCUT2D eigenvalue weighted by molar-refractivity contribution is 7.22. The number of aromatic nitrogens is 1. The summed E-state index contributed by atoms with van der Waals surface area (Å²) in [6, 6.07) is 7.66. The Morgan fingerprint density at radius 2 is 2.16 bits per heavy atom. The molecule has 3 rings (SSSR count). The van der Waals surface area contributed by atoms with Gasteiger partial charge in [-0.1, -0.05) is 23.5 Å². The van der Waals surface area contributed by atoms with E-state index in [-0.39, 0.29) is 18.0 Å². The summed E-state index contributed by atoms with van der Waals surface area (Å²) >= 11 is 1.44. The molecule has 0 aliphatic heterocycles. The second-order valence-electron chi connectivity index (χ2n) is 4.36. The minimum Gasteiger partial charge on any atom is -0.335 e. The van der Waals surface area contributed by atoms with Gasteiger partial charge in [0.25, 0.3) is 0 Å². The SMILES string of the molecule is N=C(NC(=O)NC1CC1)Nc1nc2ccccc2s1. The van der Waals surface area contributed by atoms with Crippen molar-refractivity contribution in [3.05, 3.63) is 24.3 Å². The summed E-state index contributed by atoms with van der Waals surface area (Å²) in [7, 11) is 0. The number of fused-ring (bicyclic) bond motifs is 1. The lowest BCUT2D eigenvalue weighted by Crippen LogP contribution is -2.42. The number of amides is 2. The highest BCUT2D eigenvalue weighted by atomic mass is 32.1. The van der Waals surface area contributed by atoms with Crippen molar-refractivity contribution in [3.8, 4) is 0 Å². The number of carbonyl (C=O) groups excluding carboxylic acids is 1. The molecular weight excluding hydrogens is 262 g/mol. The Labute approximate surface area is 113 Å². The minimum atomic E-state index is -0.346. The first-order valence-electron chi connectivity index (χ1n) is 5.99. The van der Waals surface area contributed by atoms with Crippen molar-refractivity contribution in [1.82, 2.24) is 15.6 Å². The molecule has 0 spiro atoms. The van der Waals surface area contributed by atoms with Gasteiger partial charge in [0.1, 0.15) is 0 Å². The first kappa shape index (κ1) is 11.9. The molecule has 1 aromatic carbocycles. The molecule has 1 aliphatic carbocycles. The predicted octanol–water partition coefficient (Wildman–Crippen LogP) is 2.10. The average molecular weight is 275 g/mol. The van der Waals surface area contributed by atoms with Crippen LogP contribution in [0.5, 0.6) is 0 Å². The fourth-order valence-electron chi connectivity index (χ4n) is 1.63. The van der Waals surface area contributed by atoms with Crippen LogP contribution in [-0.2, 0) is 0 Å². The van der Waals surface area contributed by atoms with E-state index in [4.69, 9.17) is 5.41 Å². The standard InChI is InChI=1S/C12H13N5OS/c13-10(16-11(18)14-7-5-6-7)17-12-15-8-3-1-2-4-9(8)19-12/h1-4,7H,5-6H2,(H4,13,14,15,16,17,18). The number of anilines is 1. The third-order valence-corrected chi connectivity index (χ3v) is 3.63. The maximum atomic E-state index is 11.4. The first-order valence-corrected chi connectivity index (χ1v) is 6.81. The molecule has 0 unspecified atom stereocenters. The summed E-state index contributed by atoms with van der Waals surface area (Å²) in [5.74, 6) is -0.0720. The van der Waals surface area contributed by atoms with Crippen LogP contribution in [-0.4, -0.2) is 23.0 Å². The summed E-state index contributed by atoms with van der Waals surface area (Å²) in [6.45, 7) is 0. The van der Waals surface area contributed by atoms with Gasteiger partial charge in [0.2, 0.25) is 5.96 Å². The Kier molecular flexibility index (Phi) is 3.04. The van der Waals surface area contributed by atoms with Crippen molar-refractivity contribution in [2.75, 3.05) is 5.32 Å². The topological polar surface area (TPSA) is 89.9 Å². The summed E-state index contributed by atoms with van der Waals surface area (Å²) in [4.78, 5) is 15.8. The number of hydrogen-bond acceptors (Lipinski definition) is 4. The number of urea groups is 1. The molecule has 1 heterocycles. The van der Waals surface area contributed by atoms with E-state index >= 15 is 0 Å². The van der Waals surface area contributed by atoms with Gasteiger partial charge in [-0.3, -0.25) is 10.7 Å². The van der Waals surface area contributed by atoms with E-state index in [0.29, 0.717) is 5.13 Å². The Balaban J connectivity index is 1.60. The van der Waals surface area contributed by atoms with Crippen LogP contribution in [0.4, 0.5) is 9.93 Å². The predicted molar refractivity (Wildman–Crippen MR) is 75.7 cm³/mol. The molecule has 19 heavy (non-hydrogen) atoms. The molecule has 6 nitrogen and oxygen atoms in total. The van der Waals surface area contributed by atoms with Crippen molar-refractivity contribution in [3.63, 3.8) is 0 Å². The number of para-hydroxylation sites is 1. The largest absolute Gasteiger partial charge is 0.335 e. The van der Waals surface area contributed by atoms with Gasteiger partial charge in [0.15, 0.2) is 5.13 Å². The van der Waals surface area contributed by atoms with Crippen molar-refractivity contribution >= 4 is 38.7 Å². The van der Waals surface area contributed by atoms with E-state index in [9.17, 15) is 4.79 Å². The van der Waals surface area contributed by atoms with Crippen LogP contribution in [0.15, 0.2) is 24.3 Å². The van der Waals surface area contributed by atoms with Crippen LogP contribution in [0.3, 0.4) is 0 Å². The smallest absolute Gasteiger partial charge is 0.321 e. The van der Waals surface area contributed by atoms with Crippen LogP contribution < -0.4 is 16.0 Å². The molecule has 2 aromatic rings. The van der Waals surface area contributed by atoms with E-state index < -0.39 is 0 Å². The summed E-state index contributed by atoms with van der Waals surface area (Å²) in [5.41, 5.74) is 0.880. The normalized spacial score (nSPS) is 14.1. The number of rotatable bonds is 2. The average Bonchev–Trinajstić information content (AvgIpc) is 3.06. The van der Waals surface area contributed by atoms with Crippen LogP contribution in [0.25, 0.3) is 10.2 Å². The Morgan fingerprint density at radius 3 is 2.89 bits per heavy atom. The lowest BCUT2D eigenvalue weighted by Gasteiger charge is -2.07. The van der Waals surface area contributed by atoms with Gasteiger partial charge in [0.05, 0.1) is 10.2 Å². The molecule has 0 atom stereocenters. The van der Waals surface area contributed by atoms with Gasteiger partial charge in [-0.2, -0.15) is 0 Å². The van der Waals surface area contributed by atoms with E-state index in [1.54, 1.807) is 0 Å². The van der Waals surface area contributed by atoms with Crippen LogP contribution in [0, 0.1) is 5.41 Å². The number of carbonyl (C=O) groups is 1. The second kappa shape index (κ2) is 4.85. The van der Waals surface area contributed by atoms with Crippen molar-refractivity contribution in [2.24, 2.45) is 0 Å². The summed E-state index contributed by atoms with van der Waals surface area (Å²) < 4.78 is 1.04. The highest BCUT2D eigenvalue weighted by Gasteiger charge is 2.23. The molecule has 1 fully saturated rings. The molecule has 2 amide bonds. The third kappa shape index (κ3) is 3.00. The number of thiazole rings is 1. The van der Waals surface area contributed by atoms with Crippen molar-refractivity contribution in [2.45, 2.75) is 18.9 Å². The molecule has 0 saturated heterocycles. The van der Waals surface area contributed by atoms with E-state index in [2.05, 4.69) is 20.9 Å². The zero-order valence-corrected chi connectivity index (χ0v) is 10.9. The molecule has 7 heteroatoms. The minimum absolute atomic E-state index is 0.0720. The maximum Gasteiger partial charge on any atom is 0.321 e. The first-order chi connectivity index (χ1) is 9.20. The number of nitrogens with zero attached hydrogens (tertiary/aromatic N) is 1. The second-order valence-corrected chi connectivity index (χ2v) is 5.39. The Morgan fingerprint density at radius 1 is 1.37 bits per heavy atom. The zero-order valence-electron chi connectivity index (χ0n) is 10.1. The van der Waals surface area contributed by atoms with Crippen LogP contribution in [0.2, 0.25) is 0 Å². The molecule has 0 radical (unpaired) electrons. The third-order valence-electron chi connectivity index (χ3n) is 2.68. The fraction of sp³-hybridized carbons (Fsp3) is 0.250. The van der Waals surface area contributed by atoms with Gasteiger partial charge < -0.3 is 10.6 Å². The van der Waals surface area contributed by atoms with Crippen molar-refractivity contribution < 1.29 is 4.79 Å². The summed E-state index contributed by atoms with van der Waals surface area (Å²) in [5, 5.41) is 16.2. The van der Waals surface area contributed by atoms with E-state index in [0.717, 1.165) is 23.1 Å². The van der Waals surface area contributed by atoms with E-state index in [1.165, 1.54) is 11.3 Å². The van der Waals surface area contributed by atoms with Gasteiger partial charge >= 0.3 is 6.03 Å². The van der Waals surface area contributed by atoms with Gasteiger partial charge in [0, 0.05) is 6.04 Å². The summed E-state index contributed by atoms with van der Waals surface area (Å²) in [6.07, 6.45) is 2.04. The van der Waals surface area contributed by atoms with Gasteiger partial charge in [-0.05, 0) is 25.0 Å². The quantitative estimate of drug-likeness (QED) is 0.500. The number of nitrogens with one attached hydrogen (secondary N) is 4. The molecule has 4 N–H and O–H groups in total. The lowest BCUT2D eigenvalue weighted by atomic mass is 10.3. The number of guanidine groups is 1. The van der Waals surface area contributed by atoms with Crippen LogP contribution >= 0.6 is 11.3 Å². The Bertz CT molecular complexity index is 601. The van der Waals surface area contributed by atoms with Gasteiger partial charge in [-0.15, -0.1) is 0 Å². The molecule has 1 aromatic heterocycles. The number of hydrogen-bond donors (Lipinski definition) is 4. The highest BCUT2D eigenvalue weighted by Crippen LogP contribution is 2.25. The molecule has 1 saturated carbocycles. The van der Waals surface area contributed by atoms with E-state index in [1.807, 2.05) is 24.3 Å². The molecule has 0 bridgehead atoms. The molecule has 98 valence electrons. The Hall–Kier alpha value is -2.15. The fourth-order valence-corrected chi connectivity index (χ4v) is 2.50. The van der Waals surface area contributed by atoms with Gasteiger partial charge in [-0.25, -0.2) is 9.78 Å². The molecular formula is C12H13N5OS. The zero-order chi connectivity index (χ0) is 13.2. The monoisotopic (exact) mass is 275 g/mol. The van der Waals surface area contributed by atoms with Crippen LogP contribution in [0.1, 0.15) is 12.8 Å². The molecule has 1 aliphatic rings. The lowest BCUT2D eigenvalue weighted by molar-refractivity contribution is 0.245. The number of benzene rings is 1. The maximum absolute atomic E-state index is 11.4.